The van der Waals surface area contributed by atoms with E-state index >= 15 is 0 Å². The van der Waals surface area contributed by atoms with Crippen LogP contribution in [0.25, 0.3) is 10.2 Å². The molecule has 0 saturated heterocycles. The van der Waals surface area contributed by atoms with E-state index in [4.69, 9.17) is 9.15 Å². The number of nitrogens with zero attached hydrogens (tertiary/aromatic N) is 2. The van der Waals surface area contributed by atoms with Crippen molar-refractivity contribution < 1.29 is 18.7 Å². The summed E-state index contributed by atoms with van der Waals surface area (Å²) in [5.41, 5.74) is 2.53. The number of unbranched alkanes of at least 4 members (excludes halogenated alkanes) is 1. The largest absolute Gasteiger partial charge is 0.468 e. The van der Waals surface area contributed by atoms with E-state index in [0.29, 0.717) is 21.9 Å². The summed E-state index contributed by atoms with van der Waals surface area (Å²) in [5, 5.41) is 0. The molecule has 0 N–H and O–H groups in total. The number of furan rings is 1. The number of carbonyl (C=O) groups is 2. The van der Waals surface area contributed by atoms with Crippen LogP contribution in [0.15, 0.2) is 33.7 Å². The zero-order valence-electron chi connectivity index (χ0n) is 16.6. The maximum atomic E-state index is 12.7. The number of aromatic nitrogens is 1. The Hall–Kier alpha value is -2.67. The van der Waals surface area contributed by atoms with Crippen LogP contribution >= 0.6 is 11.3 Å². The monoisotopic (exact) mass is 400 g/mol. The molecule has 0 aliphatic rings. The normalized spacial score (nSPS) is 11.9. The lowest BCUT2D eigenvalue weighted by Crippen LogP contribution is -2.22. The molecule has 7 heteroatoms. The number of amides is 1. The zero-order valence-corrected chi connectivity index (χ0v) is 17.4. The van der Waals surface area contributed by atoms with Gasteiger partial charge in [-0.25, -0.2) is 0 Å². The van der Waals surface area contributed by atoms with Crippen molar-refractivity contribution >= 4 is 33.4 Å². The third kappa shape index (κ3) is 4.25. The van der Waals surface area contributed by atoms with E-state index in [1.807, 2.05) is 6.07 Å². The molecule has 0 radical (unpaired) electrons. The summed E-state index contributed by atoms with van der Waals surface area (Å²) in [6.45, 7) is 5.69. The Morgan fingerprint density at radius 3 is 2.68 bits per heavy atom. The number of rotatable bonds is 6. The van der Waals surface area contributed by atoms with E-state index in [1.165, 1.54) is 24.0 Å². The Labute approximate surface area is 167 Å². The first kappa shape index (κ1) is 20.1. The molecule has 0 fully saturated rings. The summed E-state index contributed by atoms with van der Waals surface area (Å²) in [7, 11) is 1.35. The maximum absolute atomic E-state index is 12.7. The molecule has 1 aromatic carbocycles. The van der Waals surface area contributed by atoms with Crippen LogP contribution in [-0.4, -0.2) is 23.6 Å². The van der Waals surface area contributed by atoms with E-state index in [1.54, 1.807) is 24.5 Å². The lowest BCUT2D eigenvalue weighted by atomic mass is 10.1. The molecule has 6 nitrogen and oxygen atoms in total. The van der Waals surface area contributed by atoms with Crippen LogP contribution in [0.1, 0.15) is 47.2 Å². The number of hydrogen-bond acceptors (Lipinski definition) is 5. The fraction of sp³-hybridized carbons (Fsp3) is 0.381. The minimum absolute atomic E-state index is 0.000314. The summed E-state index contributed by atoms with van der Waals surface area (Å²) in [5.74, 6) is 0.425. The summed E-state index contributed by atoms with van der Waals surface area (Å²) in [4.78, 5) is 29.4. The third-order valence-corrected chi connectivity index (χ3v) is 5.59. The second-order valence-corrected chi connectivity index (χ2v) is 7.71. The van der Waals surface area contributed by atoms with E-state index in [0.717, 1.165) is 29.5 Å². The topological polar surface area (TPSA) is 73.8 Å². The molecule has 28 heavy (non-hydrogen) atoms. The number of methoxy groups -OCH3 is 1. The standard InChI is InChI=1S/C21H24N2O4S/c1-5-6-7-15-8-9-17-18(11-15)28-21(23(17)12-19(24)26-4)22-20(25)16-10-13(2)27-14(16)3/h8-11H,5-7,12H2,1-4H3. The van der Waals surface area contributed by atoms with Crippen LogP contribution in [-0.2, 0) is 22.5 Å². The van der Waals surface area contributed by atoms with E-state index in [9.17, 15) is 9.59 Å². The molecule has 0 aliphatic heterocycles. The predicted molar refractivity (Wildman–Crippen MR) is 109 cm³/mol. The van der Waals surface area contributed by atoms with Gasteiger partial charge in [0.05, 0.1) is 22.9 Å². The summed E-state index contributed by atoms with van der Waals surface area (Å²) >= 11 is 1.40. The molecule has 0 aliphatic carbocycles. The molecule has 0 spiro atoms. The number of thiazole rings is 1. The van der Waals surface area contributed by atoms with Gasteiger partial charge in [-0.3, -0.25) is 9.59 Å². The van der Waals surface area contributed by atoms with Crippen molar-refractivity contribution in [3.63, 3.8) is 0 Å². The molecule has 3 rings (SSSR count). The minimum atomic E-state index is -0.390. The Kier molecular flexibility index (Phi) is 6.14. The van der Waals surface area contributed by atoms with Crippen molar-refractivity contribution in [1.82, 2.24) is 4.57 Å². The first-order valence-electron chi connectivity index (χ1n) is 9.28. The molecule has 3 aromatic rings. The molecule has 1 amide bonds. The van der Waals surface area contributed by atoms with Gasteiger partial charge in [-0.1, -0.05) is 30.7 Å². The molecule has 2 aromatic heterocycles. The predicted octanol–water partition coefficient (Wildman–Crippen LogP) is 4.17. The van der Waals surface area contributed by atoms with Gasteiger partial charge in [0.25, 0.3) is 5.91 Å². The van der Waals surface area contributed by atoms with Crippen LogP contribution in [0.5, 0.6) is 0 Å². The van der Waals surface area contributed by atoms with Gasteiger partial charge in [0, 0.05) is 0 Å². The van der Waals surface area contributed by atoms with Gasteiger partial charge < -0.3 is 13.7 Å². The highest BCUT2D eigenvalue weighted by Gasteiger charge is 2.16. The van der Waals surface area contributed by atoms with Crippen molar-refractivity contribution in [2.24, 2.45) is 4.99 Å². The lowest BCUT2D eigenvalue weighted by Gasteiger charge is -2.04. The van der Waals surface area contributed by atoms with Crippen molar-refractivity contribution in [3.05, 3.63) is 51.7 Å². The molecule has 0 unspecified atom stereocenters. The second-order valence-electron chi connectivity index (χ2n) is 6.70. The Morgan fingerprint density at radius 1 is 1.25 bits per heavy atom. The number of ether oxygens (including phenoxy) is 1. The molecule has 0 saturated carbocycles. The van der Waals surface area contributed by atoms with Gasteiger partial charge in [0.2, 0.25) is 0 Å². The van der Waals surface area contributed by atoms with Crippen LogP contribution in [0.2, 0.25) is 0 Å². The highest BCUT2D eigenvalue weighted by atomic mass is 32.1. The highest BCUT2D eigenvalue weighted by molar-refractivity contribution is 7.16. The second kappa shape index (κ2) is 8.56. The van der Waals surface area contributed by atoms with Gasteiger partial charge in [-0.15, -0.1) is 0 Å². The third-order valence-electron chi connectivity index (χ3n) is 4.55. The Balaban J connectivity index is 2.10. The minimum Gasteiger partial charge on any atom is -0.468 e. The molecule has 0 bridgehead atoms. The van der Waals surface area contributed by atoms with Crippen molar-refractivity contribution in [2.75, 3.05) is 7.11 Å². The lowest BCUT2D eigenvalue weighted by molar-refractivity contribution is -0.141. The fourth-order valence-corrected chi connectivity index (χ4v) is 4.17. The number of benzene rings is 1. The Morgan fingerprint density at radius 2 is 2.04 bits per heavy atom. The van der Waals surface area contributed by atoms with Gasteiger partial charge in [0.1, 0.15) is 18.1 Å². The summed E-state index contributed by atoms with van der Waals surface area (Å²) in [6.07, 6.45) is 3.25. The van der Waals surface area contributed by atoms with Crippen molar-refractivity contribution in [2.45, 2.75) is 46.6 Å². The highest BCUT2D eigenvalue weighted by Crippen LogP contribution is 2.21. The van der Waals surface area contributed by atoms with Gasteiger partial charge >= 0.3 is 5.97 Å². The first-order valence-corrected chi connectivity index (χ1v) is 10.1. The number of hydrogen-bond donors (Lipinski definition) is 0. The SMILES string of the molecule is CCCCc1ccc2c(c1)sc(=NC(=O)c1cc(C)oc1C)n2CC(=O)OC. The fourth-order valence-electron chi connectivity index (χ4n) is 3.08. The van der Waals surface area contributed by atoms with Crippen LogP contribution < -0.4 is 4.80 Å². The first-order chi connectivity index (χ1) is 13.4. The van der Waals surface area contributed by atoms with Gasteiger partial charge in [0.15, 0.2) is 4.80 Å². The number of esters is 1. The van der Waals surface area contributed by atoms with E-state index in [-0.39, 0.29) is 18.4 Å². The van der Waals surface area contributed by atoms with Crippen LogP contribution in [0, 0.1) is 13.8 Å². The van der Waals surface area contributed by atoms with Crippen LogP contribution in [0.3, 0.4) is 0 Å². The zero-order chi connectivity index (χ0) is 20.3. The van der Waals surface area contributed by atoms with Gasteiger partial charge in [-0.2, -0.15) is 4.99 Å². The maximum Gasteiger partial charge on any atom is 0.325 e. The van der Waals surface area contributed by atoms with E-state index < -0.39 is 0 Å². The molecule has 148 valence electrons. The quantitative estimate of drug-likeness (QED) is 0.582. The van der Waals surface area contributed by atoms with Crippen molar-refractivity contribution in [1.29, 1.82) is 0 Å². The molecular weight excluding hydrogens is 376 g/mol. The number of fused-ring (bicyclic) bond motifs is 1. The average molecular weight is 401 g/mol. The average Bonchev–Trinajstić information content (AvgIpc) is 3.18. The number of carbonyl (C=O) groups excluding carboxylic acids is 2. The van der Waals surface area contributed by atoms with Crippen molar-refractivity contribution in [3.8, 4) is 0 Å². The van der Waals surface area contributed by atoms with Gasteiger partial charge in [-0.05, 0) is 50.5 Å². The van der Waals surface area contributed by atoms with Crippen LogP contribution in [0.4, 0.5) is 0 Å². The summed E-state index contributed by atoms with van der Waals surface area (Å²) in [6, 6.07) is 7.84. The Bertz CT molecular complexity index is 1090. The molecule has 2 heterocycles. The molecular formula is C21H24N2O4S. The van der Waals surface area contributed by atoms with E-state index in [2.05, 4.69) is 24.0 Å². The summed E-state index contributed by atoms with van der Waals surface area (Å²) < 4.78 is 13.0. The smallest absolute Gasteiger partial charge is 0.325 e. The molecule has 0 atom stereocenters. The number of aryl methyl sites for hydroxylation is 3.